The van der Waals surface area contributed by atoms with Gasteiger partial charge in [-0.2, -0.15) is 0 Å². The van der Waals surface area contributed by atoms with E-state index in [2.05, 4.69) is 16.8 Å². The van der Waals surface area contributed by atoms with Gasteiger partial charge in [0.05, 0.1) is 0 Å². The predicted molar refractivity (Wildman–Crippen MR) is 72.2 cm³/mol. The average Bonchev–Trinajstić information content (AvgIpc) is 3.01. The molecule has 5 heteroatoms. The Morgan fingerprint density at radius 3 is 3.00 bits per heavy atom. The van der Waals surface area contributed by atoms with Crippen molar-refractivity contribution in [2.75, 3.05) is 4.90 Å². The van der Waals surface area contributed by atoms with E-state index in [9.17, 15) is 9.90 Å². The van der Waals surface area contributed by atoms with Crippen LogP contribution in [0, 0.1) is 5.92 Å². The van der Waals surface area contributed by atoms with Gasteiger partial charge < -0.3 is 14.6 Å². The lowest BCUT2D eigenvalue weighted by atomic mass is 9.85. The van der Waals surface area contributed by atoms with Crippen LogP contribution in [-0.2, 0) is 11.3 Å². The number of carboxylic acid groups (broad SMARTS) is 1. The lowest BCUT2D eigenvalue weighted by Gasteiger charge is -2.33. The second kappa shape index (κ2) is 4.87. The van der Waals surface area contributed by atoms with Gasteiger partial charge in [-0.25, -0.2) is 9.78 Å². The highest BCUT2D eigenvalue weighted by molar-refractivity contribution is 5.78. The quantitative estimate of drug-likeness (QED) is 0.907. The van der Waals surface area contributed by atoms with Crippen LogP contribution in [0.5, 0.6) is 0 Å². The van der Waals surface area contributed by atoms with Crippen LogP contribution in [0.1, 0.15) is 39.0 Å². The molecule has 1 aliphatic carbocycles. The summed E-state index contributed by atoms with van der Waals surface area (Å²) in [4.78, 5) is 18.1. The number of hydrogen-bond acceptors (Lipinski definition) is 3. The van der Waals surface area contributed by atoms with Gasteiger partial charge in [-0.15, -0.1) is 0 Å². The monoisotopic (exact) mass is 263 g/mol. The number of carbonyl (C=O) groups is 1. The van der Waals surface area contributed by atoms with Crippen molar-refractivity contribution in [2.24, 2.45) is 5.92 Å². The largest absolute Gasteiger partial charge is 0.480 e. The van der Waals surface area contributed by atoms with Gasteiger partial charge in [0, 0.05) is 25.0 Å². The fourth-order valence-corrected chi connectivity index (χ4v) is 3.75. The van der Waals surface area contributed by atoms with Crippen molar-refractivity contribution >= 4 is 11.9 Å². The van der Waals surface area contributed by atoms with E-state index in [0.717, 1.165) is 31.8 Å². The highest BCUT2D eigenvalue weighted by atomic mass is 16.4. The van der Waals surface area contributed by atoms with Crippen molar-refractivity contribution in [3.8, 4) is 0 Å². The number of fused-ring (bicyclic) bond motifs is 1. The van der Waals surface area contributed by atoms with Crippen LogP contribution in [-0.4, -0.2) is 32.7 Å². The van der Waals surface area contributed by atoms with Crippen LogP contribution in [0.3, 0.4) is 0 Å². The normalized spacial score (nSPS) is 30.4. The zero-order valence-corrected chi connectivity index (χ0v) is 11.3. The molecule has 0 radical (unpaired) electrons. The molecule has 3 atom stereocenters. The number of aliphatic carboxylic acids is 1. The van der Waals surface area contributed by atoms with Gasteiger partial charge >= 0.3 is 5.97 Å². The number of anilines is 1. The summed E-state index contributed by atoms with van der Waals surface area (Å²) in [6.07, 6.45) is 9.19. The van der Waals surface area contributed by atoms with E-state index >= 15 is 0 Å². The maximum atomic E-state index is 11.6. The van der Waals surface area contributed by atoms with Crippen molar-refractivity contribution in [3.05, 3.63) is 12.4 Å². The van der Waals surface area contributed by atoms with E-state index in [1.54, 1.807) is 6.20 Å². The number of nitrogens with zero attached hydrogens (tertiary/aromatic N) is 3. The van der Waals surface area contributed by atoms with E-state index in [1.807, 2.05) is 10.8 Å². The SMILES string of the molecule is CCn1ccnc1N1C(C(=O)O)CC2CCCCC21. The molecule has 2 fully saturated rings. The molecular formula is C14H21N3O2. The molecule has 3 unspecified atom stereocenters. The van der Waals surface area contributed by atoms with Gasteiger partial charge in [0.15, 0.2) is 0 Å². The number of carboxylic acids is 1. The zero-order valence-electron chi connectivity index (χ0n) is 11.3. The van der Waals surface area contributed by atoms with Crippen LogP contribution in [0.15, 0.2) is 12.4 Å². The molecule has 1 aromatic heterocycles. The molecule has 0 bridgehead atoms. The van der Waals surface area contributed by atoms with E-state index in [0.29, 0.717) is 12.0 Å². The molecule has 2 aliphatic rings. The molecule has 5 nitrogen and oxygen atoms in total. The number of aromatic nitrogens is 2. The first-order chi connectivity index (χ1) is 9.22. The number of rotatable bonds is 3. The summed E-state index contributed by atoms with van der Waals surface area (Å²) in [7, 11) is 0. The van der Waals surface area contributed by atoms with Crippen LogP contribution in [0.4, 0.5) is 5.95 Å². The highest BCUT2D eigenvalue weighted by Gasteiger charge is 2.46. The van der Waals surface area contributed by atoms with Crippen molar-refractivity contribution in [1.29, 1.82) is 0 Å². The van der Waals surface area contributed by atoms with Crippen molar-refractivity contribution in [1.82, 2.24) is 9.55 Å². The fourth-order valence-electron chi connectivity index (χ4n) is 3.75. The molecule has 3 rings (SSSR count). The van der Waals surface area contributed by atoms with Crippen molar-refractivity contribution < 1.29 is 9.90 Å². The minimum atomic E-state index is -0.708. The van der Waals surface area contributed by atoms with E-state index in [-0.39, 0.29) is 0 Å². The predicted octanol–water partition coefficient (Wildman–Crippen LogP) is 2.13. The summed E-state index contributed by atoms with van der Waals surface area (Å²) in [5.41, 5.74) is 0. The molecule has 1 saturated heterocycles. The van der Waals surface area contributed by atoms with Gasteiger partial charge in [0.2, 0.25) is 5.95 Å². The van der Waals surface area contributed by atoms with Gasteiger partial charge in [-0.1, -0.05) is 12.8 Å². The molecule has 19 heavy (non-hydrogen) atoms. The molecule has 1 aromatic rings. The zero-order chi connectivity index (χ0) is 13.4. The number of aryl methyl sites for hydroxylation is 1. The van der Waals surface area contributed by atoms with Crippen LogP contribution < -0.4 is 4.90 Å². The topological polar surface area (TPSA) is 58.4 Å². The maximum Gasteiger partial charge on any atom is 0.326 e. The van der Waals surface area contributed by atoms with Gasteiger partial charge in [-0.05, 0) is 32.1 Å². The second-order valence-corrected chi connectivity index (χ2v) is 5.62. The average molecular weight is 263 g/mol. The molecule has 1 N–H and O–H groups in total. The van der Waals surface area contributed by atoms with Crippen molar-refractivity contribution in [3.63, 3.8) is 0 Å². The highest BCUT2D eigenvalue weighted by Crippen LogP contribution is 2.41. The summed E-state index contributed by atoms with van der Waals surface area (Å²) in [5, 5.41) is 9.51. The summed E-state index contributed by atoms with van der Waals surface area (Å²) in [6, 6.07) is -0.0386. The second-order valence-electron chi connectivity index (χ2n) is 5.62. The van der Waals surface area contributed by atoms with Crippen LogP contribution in [0.2, 0.25) is 0 Å². The Bertz CT molecular complexity index is 471. The minimum Gasteiger partial charge on any atom is -0.480 e. The molecule has 0 amide bonds. The fraction of sp³-hybridized carbons (Fsp3) is 0.714. The Kier molecular flexibility index (Phi) is 3.21. The Morgan fingerprint density at radius 2 is 2.26 bits per heavy atom. The third kappa shape index (κ3) is 2.01. The Balaban J connectivity index is 1.97. The van der Waals surface area contributed by atoms with Gasteiger partial charge in [-0.3, -0.25) is 0 Å². The molecule has 104 valence electrons. The summed E-state index contributed by atoms with van der Waals surface area (Å²) < 4.78 is 2.05. The summed E-state index contributed by atoms with van der Waals surface area (Å²) in [5.74, 6) is 0.654. The Morgan fingerprint density at radius 1 is 1.47 bits per heavy atom. The van der Waals surface area contributed by atoms with Gasteiger partial charge in [0.1, 0.15) is 6.04 Å². The molecule has 1 saturated carbocycles. The molecular weight excluding hydrogens is 242 g/mol. The molecule has 0 spiro atoms. The summed E-state index contributed by atoms with van der Waals surface area (Å²) >= 11 is 0. The maximum absolute atomic E-state index is 11.6. The van der Waals surface area contributed by atoms with E-state index in [1.165, 1.54) is 12.8 Å². The Labute approximate surface area is 113 Å². The first-order valence-corrected chi connectivity index (χ1v) is 7.24. The number of imidazole rings is 1. The Hall–Kier alpha value is -1.52. The van der Waals surface area contributed by atoms with E-state index in [4.69, 9.17) is 0 Å². The molecule has 1 aliphatic heterocycles. The van der Waals surface area contributed by atoms with Crippen molar-refractivity contribution in [2.45, 2.75) is 57.7 Å². The third-order valence-corrected chi connectivity index (χ3v) is 4.64. The lowest BCUT2D eigenvalue weighted by Crippen LogP contribution is -2.43. The standard InChI is InChI=1S/C14H21N3O2/c1-2-16-8-7-15-14(16)17-11-6-4-3-5-10(11)9-12(17)13(18)19/h7-8,10-12H,2-6,9H2,1H3,(H,18,19). The summed E-state index contributed by atoms with van der Waals surface area (Å²) in [6.45, 7) is 2.89. The number of hydrogen-bond donors (Lipinski definition) is 1. The smallest absolute Gasteiger partial charge is 0.326 e. The minimum absolute atomic E-state index is 0.363. The first kappa shape index (κ1) is 12.5. The third-order valence-electron chi connectivity index (χ3n) is 4.64. The van der Waals surface area contributed by atoms with E-state index < -0.39 is 12.0 Å². The van der Waals surface area contributed by atoms with Gasteiger partial charge in [0.25, 0.3) is 0 Å². The van der Waals surface area contributed by atoms with Crippen LogP contribution in [0.25, 0.3) is 0 Å². The van der Waals surface area contributed by atoms with Crippen LogP contribution >= 0.6 is 0 Å². The molecule has 0 aromatic carbocycles. The lowest BCUT2D eigenvalue weighted by molar-refractivity contribution is -0.138. The molecule has 2 heterocycles. The first-order valence-electron chi connectivity index (χ1n) is 7.24.